The number of aromatic nitrogens is 2. The van der Waals surface area contributed by atoms with Gasteiger partial charge in [0.05, 0.1) is 20.8 Å². The van der Waals surface area contributed by atoms with Crippen LogP contribution in [0.1, 0.15) is 20.3 Å². The number of benzene rings is 2. The van der Waals surface area contributed by atoms with Crippen LogP contribution in [0.2, 0.25) is 0 Å². The SMILES string of the molecule is CC(C)S(=O)(=O)c1ccc(-c2nnc(NC(=O)CCS(=O)(=O)c3ccccc3)o2)cc1. The van der Waals surface area contributed by atoms with Crippen molar-refractivity contribution in [2.24, 2.45) is 0 Å². The minimum atomic E-state index is -3.58. The lowest BCUT2D eigenvalue weighted by atomic mass is 10.2. The average molecular weight is 464 g/mol. The van der Waals surface area contributed by atoms with Crippen LogP contribution in [-0.4, -0.2) is 43.9 Å². The molecule has 31 heavy (non-hydrogen) atoms. The van der Waals surface area contributed by atoms with E-state index in [2.05, 4.69) is 15.5 Å². The summed E-state index contributed by atoms with van der Waals surface area (Å²) in [6.45, 7) is 3.20. The van der Waals surface area contributed by atoms with E-state index in [0.29, 0.717) is 5.56 Å². The Balaban J connectivity index is 1.63. The summed E-state index contributed by atoms with van der Waals surface area (Å²) in [5, 5.41) is 9.36. The molecule has 0 aliphatic carbocycles. The molecule has 1 amide bonds. The standard InChI is InChI=1S/C20H21N3O6S2/c1-14(2)31(27,28)17-10-8-15(9-11-17)19-22-23-20(29-19)21-18(24)12-13-30(25,26)16-6-4-3-5-7-16/h3-11,14H,12-13H2,1-2H3,(H,21,23,24). The molecule has 3 aromatic rings. The number of sulfone groups is 2. The molecule has 0 saturated carbocycles. The van der Waals surface area contributed by atoms with Crippen LogP contribution in [0, 0.1) is 0 Å². The molecular weight excluding hydrogens is 442 g/mol. The lowest BCUT2D eigenvalue weighted by Crippen LogP contribution is -2.17. The van der Waals surface area contributed by atoms with Gasteiger partial charge in [-0.3, -0.25) is 10.1 Å². The Bertz CT molecular complexity index is 1270. The number of carbonyl (C=O) groups excluding carboxylic acids is 1. The summed E-state index contributed by atoms with van der Waals surface area (Å²) in [4.78, 5) is 12.4. The molecule has 0 radical (unpaired) electrons. The Morgan fingerprint density at radius 1 is 0.935 bits per heavy atom. The zero-order valence-electron chi connectivity index (χ0n) is 16.8. The van der Waals surface area contributed by atoms with Crippen molar-refractivity contribution in [2.45, 2.75) is 35.3 Å². The molecule has 0 spiro atoms. The zero-order chi connectivity index (χ0) is 22.6. The molecule has 0 atom stereocenters. The van der Waals surface area contributed by atoms with Gasteiger partial charge in [-0.15, -0.1) is 5.10 Å². The van der Waals surface area contributed by atoms with Crippen LogP contribution >= 0.6 is 0 Å². The van der Waals surface area contributed by atoms with Crippen molar-refractivity contribution in [1.82, 2.24) is 10.2 Å². The number of anilines is 1. The van der Waals surface area contributed by atoms with Crippen LogP contribution in [0.25, 0.3) is 11.5 Å². The second-order valence-electron chi connectivity index (χ2n) is 6.96. The largest absolute Gasteiger partial charge is 0.403 e. The first-order valence-electron chi connectivity index (χ1n) is 9.35. The molecule has 164 valence electrons. The number of rotatable bonds is 8. The van der Waals surface area contributed by atoms with Crippen LogP contribution in [0.5, 0.6) is 0 Å². The van der Waals surface area contributed by atoms with Gasteiger partial charge in [0.1, 0.15) is 0 Å². The molecule has 11 heteroatoms. The molecule has 0 aliphatic heterocycles. The third-order valence-electron chi connectivity index (χ3n) is 4.42. The Hall–Kier alpha value is -3.05. The van der Waals surface area contributed by atoms with Crippen molar-refractivity contribution < 1.29 is 26.0 Å². The van der Waals surface area contributed by atoms with Crippen molar-refractivity contribution in [3.63, 3.8) is 0 Å². The summed E-state index contributed by atoms with van der Waals surface area (Å²) >= 11 is 0. The predicted molar refractivity (Wildman–Crippen MR) is 114 cm³/mol. The summed E-state index contributed by atoms with van der Waals surface area (Å²) < 4.78 is 54.2. The molecule has 9 nitrogen and oxygen atoms in total. The topological polar surface area (TPSA) is 136 Å². The van der Waals surface area contributed by atoms with Gasteiger partial charge in [-0.1, -0.05) is 23.3 Å². The highest BCUT2D eigenvalue weighted by atomic mass is 32.2. The van der Waals surface area contributed by atoms with Crippen molar-refractivity contribution in [3.8, 4) is 11.5 Å². The molecule has 1 heterocycles. The predicted octanol–water partition coefficient (Wildman–Crippen LogP) is 2.72. The molecule has 1 N–H and O–H groups in total. The summed E-state index contributed by atoms with van der Waals surface area (Å²) in [6.07, 6.45) is -0.281. The van der Waals surface area contributed by atoms with E-state index in [0.717, 1.165) is 0 Å². The number of hydrogen-bond donors (Lipinski definition) is 1. The van der Waals surface area contributed by atoms with Crippen molar-refractivity contribution in [3.05, 3.63) is 54.6 Å². The molecule has 0 bridgehead atoms. The summed E-state index contributed by atoms with van der Waals surface area (Å²) in [5.41, 5.74) is 0.474. The van der Waals surface area contributed by atoms with E-state index in [9.17, 15) is 21.6 Å². The minimum Gasteiger partial charge on any atom is -0.403 e. The lowest BCUT2D eigenvalue weighted by Gasteiger charge is -2.07. The first-order valence-corrected chi connectivity index (χ1v) is 12.5. The van der Waals surface area contributed by atoms with E-state index in [1.54, 1.807) is 32.0 Å². The van der Waals surface area contributed by atoms with E-state index < -0.39 is 30.8 Å². The van der Waals surface area contributed by atoms with Gasteiger partial charge in [-0.05, 0) is 50.2 Å². The smallest absolute Gasteiger partial charge is 0.322 e. The van der Waals surface area contributed by atoms with Gasteiger partial charge in [-0.25, -0.2) is 16.8 Å². The van der Waals surface area contributed by atoms with E-state index in [4.69, 9.17) is 4.42 Å². The van der Waals surface area contributed by atoms with Gasteiger partial charge in [0, 0.05) is 12.0 Å². The fourth-order valence-corrected chi connectivity index (χ4v) is 4.93. The van der Waals surface area contributed by atoms with Gasteiger partial charge < -0.3 is 4.42 Å². The molecule has 0 fully saturated rings. The number of amides is 1. The Morgan fingerprint density at radius 2 is 1.58 bits per heavy atom. The molecule has 1 aromatic heterocycles. The fraction of sp³-hybridized carbons (Fsp3) is 0.250. The minimum absolute atomic E-state index is 0.0840. The molecule has 2 aromatic carbocycles. The monoisotopic (exact) mass is 463 g/mol. The van der Waals surface area contributed by atoms with Crippen LogP contribution in [-0.2, 0) is 24.5 Å². The van der Waals surface area contributed by atoms with Crippen molar-refractivity contribution >= 4 is 31.6 Å². The Kier molecular flexibility index (Phi) is 6.56. The summed E-state index contributed by atoms with van der Waals surface area (Å²) in [5.74, 6) is -0.871. The fourth-order valence-electron chi connectivity index (χ4n) is 2.60. The van der Waals surface area contributed by atoms with E-state index >= 15 is 0 Å². The first kappa shape index (κ1) is 22.6. The van der Waals surface area contributed by atoms with Gasteiger partial charge in [0.25, 0.3) is 0 Å². The van der Waals surface area contributed by atoms with E-state index in [1.807, 2.05) is 0 Å². The molecule has 0 unspecified atom stereocenters. The van der Waals surface area contributed by atoms with Crippen LogP contribution in [0.3, 0.4) is 0 Å². The third-order valence-corrected chi connectivity index (χ3v) is 8.32. The van der Waals surface area contributed by atoms with Crippen molar-refractivity contribution in [2.75, 3.05) is 11.1 Å². The lowest BCUT2D eigenvalue weighted by molar-refractivity contribution is -0.115. The maximum absolute atomic E-state index is 12.2. The normalized spacial score (nSPS) is 12.1. The van der Waals surface area contributed by atoms with Crippen LogP contribution in [0.4, 0.5) is 6.01 Å². The second-order valence-corrected chi connectivity index (χ2v) is 11.6. The third kappa shape index (κ3) is 5.36. The van der Waals surface area contributed by atoms with Gasteiger partial charge in [0.15, 0.2) is 19.7 Å². The average Bonchev–Trinajstić information content (AvgIpc) is 3.21. The number of nitrogens with one attached hydrogen (secondary N) is 1. The number of carbonyl (C=O) groups is 1. The number of hydrogen-bond acceptors (Lipinski definition) is 8. The highest BCUT2D eigenvalue weighted by Gasteiger charge is 2.20. The van der Waals surface area contributed by atoms with Gasteiger partial charge in [0.2, 0.25) is 11.8 Å². The highest BCUT2D eigenvalue weighted by Crippen LogP contribution is 2.23. The summed E-state index contributed by atoms with van der Waals surface area (Å²) in [7, 11) is -6.98. The van der Waals surface area contributed by atoms with Gasteiger partial charge >= 0.3 is 6.01 Å². The Labute approximate surface area is 180 Å². The molecular formula is C20H21N3O6S2. The van der Waals surface area contributed by atoms with Gasteiger partial charge in [-0.2, -0.15) is 0 Å². The molecule has 0 aliphatic rings. The summed E-state index contributed by atoms with van der Waals surface area (Å²) in [6, 6.07) is 13.6. The van der Waals surface area contributed by atoms with Crippen molar-refractivity contribution in [1.29, 1.82) is 0 Å². The zero-order valence-corrected chi connectivity index (χ0v) is 18.5. The maximum atomic E-state index is 12.2. The maximum Gasteiger partial charge on any atom is 0.322 e. The van der Waals surface area contributed by atoms with Crippen LogP contribution in [0.15, 0.2) is 68.8 Å². The van der Waals surface area contributed by atoms with E-state index in [1.165, 1.54) is 36.4 Å². The second kappa shape index (κ2) is 8.98. The van der Waals surface area contributed by atoms with E-state index in [-0.39, 0.29) is 33.9 Å². The van der Waals surface area contributed by atoms with Crippen LogP contribution < -0.4 is 5.32 Å². The molecule has 3 rings (SSSR count). The highest BCUT2D eigenvalue weighted by molar-refractivity contribution is 7.92. The first-order chi connectivity index (χ1) is 14.6. The molecule has 0 saturated heterocycles. The number of nitrogens with zero attached hydrogens (tertiary/aromatic N) is 2. The Morgan fingerprint density at radius 3 is 2.19 bits per heavy atom. The quantitative estimate of drug-likeness (QED) is 0.538.